The zero-order valence-electron chi connectivity index (χ0n) is 20.5. The van der Waals surface area contributed by atoms with Gasteiger partial charge in [0, 0.05) is 0 Å². The van der Waals surface area contributed by atoms with Gasteiger partial charge in [-0.1, -0.05) is 81.6 Å². The average molecular weight is 453 g/mol. The maximum absolute atomic E-state index is 13.8. The van der Waals surface area contributed by atoms with Crippen LogP contribution < -0.4 is 0 Å². The van der Waals surface area contributed by atoms with Gasteiger partial charge in [-0.3, -0.25) is 0 Å². The molecule has 0 radical (unpaired) electrons. The zero-order valence-corrected chi connectivity index (χ0v) is 20.5. The molecule has 1 aliphatic carbocycles. The van der Waals surface area contributed by atoms with Crippen molar-refractivity contribution in [1.82, 2.24) is 0 Å². The van der Waals surface area contributed by atoms with Gasteiger partial charge in [-0.05, 0) is 86.0 Å². The summed E-state index contributed by atoms with van der Waals surface area (Å²) in [4.78, 5) is 11.9. The van der Waals surface area contributed by atoms with Gasteiger partial charge in [0.2, 0.25) is 0 Å². The van der Waals surface area contributed by atoms with E-state index in [1.54, 1.807) is 0 Å². The van der Waals surface area contributed by atoms with Crippen LogP contribution in [-0.2, 0) is 22.4 Å². The number of halogens is 1. The molecule has 0 amide bonds. The molecular formula is C30H41FO2. The van der Waals surface area contributed by atoms with E-state index in [0.717, 1.165) is 57.8 Å². The van der Waals surface area contributed by atoms with Gasteiger partial charge in [0.15, 0.2) is 6.17 Å². The highest BCUT2D eigenvalue weighted by Crippen LogP contribution is 2.30. The summed E-state index contributed by atoms with van der Waals surface area (Å²) in [5, 5.41) is 0. The van der Waals surface area contributed by atoms with E-state index in [0.29, 0.717) is 5.92 Å². The van der Waals surface area contributed by atoms with E-state index in [2.05, 4.69) is 55.5 Å². The van der Waals surface area contributed by atoms with Gasteiger partial charge < -0.3 is 4.74 Å². The minimum Gasteiger partial charge on any atom is -0.460 e. The minimum absolute atomic E-state index is 0.0960. The SMILES string of the molecule is CCCCc1ccc(-c2ccc(CCC3CCC(OC(=O)[C@@H](F)CCCC)CC3)cc2)cc1. The molecule has 1 atom stereocenters. The smallest absolute Gasteiger partial charge is 0.340 e. The summed E-state index contributed by atoms with van der Waals surface area (Å²) in [5.41, 5.74) is 5.35. The molecule has 0 aromatic heterocycles. The second kappa shape index (κ2) is 13.5. The van der Waals surface area contributed by atoms with Gasteiger partial charge >= 0.3 is 5.97 Å². The molecule has 1 saturated carbocycles. The molecular weight excluding hydrogens is 411 g/mol. The summed E-state index contributed by atoms with van der Waals surface area (Å²) in [7, 11) is 0. The second-order valence-corrected chi connectivity index (χ2v) is 9.73. The lowest BCUT2D eigenvalue weighted by atomic mass is 9.83. The number of benzene rings is 2. The molecule has 33 heavy (non-hydrogen) atoms. The Balaban J connectivity index is 1.39. The lowest BCUT2D eigenvalue weighted by Gasteiger charge is -2.28. The van der Waals surface area contributed by atoms with Crippen LogP contribution in [0, 0.1) is 5.92 Å². The Hall–Kier alpha value is -2.16. The molecule has 180 valence electrons. The molecule has 3 rings (SSSR count). The number of aryl methyl sites for hydroxylation is 2. The highest BCUT2D eigenvalue weighted by Gasteiger charge is 2.27. The largest absolute Gasteiger partial charge is 0.460 e. The average Bonchev–Trinajstić information content (AvgIpc) is 2.86. The minimum atomic E-state index is -1.45. The van der Waals surface area contributed by atoms with Crippen LogP contribution in [-0.4, -0.2) is 18.2 Å². The normalized spacial score (nSPS) is 19.2. The van der Waals surface area contributed by atoms with E-state index in [1.165, 1.54) is 35.1 Å². The number of carbonyl (C=O) groups excluding carboxylic acids is 1. The highest BCUT2D eigenvalue weighted by atomic mass is 19.1. The zero-order chi connectivity index (χ0) is 23.5. The van der Waals surface area contributed by atoms with Crippen LogP contribution in [0.2, 0.25) is 0 Å². The number of rotatable bonds is 12. The van der Waals surface area contributed by atoms with E-state index in [9.17, 15) is 9.18 Å². The van der Waals surface area contributed by atoms with Gasteiger partial charge in [-0.25, -0.2) is 9.18 Å². The number of alkyl halides is 1. The summed E-state index contributed by atoms with van der Waals surface area (Å²) >= 11 is 0. The lowest BCUT2D eigenvalue weighted by molar-refractivity contribution is -0.157. The molecule has 0 N–H and O–H groups in total. The molecule has 0 unspecified atom stereocenters. The van der Waals surface area contributed by atoms with Gasteiger partial charge in [0.25, 0.3) is 0 Å². The van der Waals surface area contributed by atoms with E-state index < -0.39 is 12.1 Å². The molecule has 0 bridgehead atoms. The number of unbranched alkanes of at least 4 members (excludes halogenated alkanes) is 2. The monoisotopic (exact) mass is 452 g/mol. The van der Waals surface area contributed by atoms with E-state index in [1.807, 2.05) is 6.92 Å². The van der Waals surface area contributed by atoms with Crippen molar-refractivity contribution in [3.05, 3.63) is 59.7 Å². The van der Waals surface area contributed by atoms with Gasteiger partial charge in [-0.15, -0.1) is 0 Å². The van der Waals surface area contributed by atoms with Crippen molar-refractivity contribution in [3.8, 4) is 11.1 Å². The van der Waals surface area contributed by atoms with Gasteiger partial charge in [0.1, 0.15) is 6.10 Å². The quantitative estimate of drug-likeness (QED) is 0.303. The van der Waals surface area contributed by atoms with Crippen molar-refractivity contribution in [3.63, 3.8) is 0 Å². The number of esters is 1. The van der Waals surface area contributed by atoms with E-state index >= 15 is 0 Å². The predicted molar refractivity (Wildman–Crippen MR) is 135 cm³/mol. The molecule has 1 aliphatic rings. The van der Waals surface area contributed by atoms with Crippen molar-refractivity contribution in [2.75, 3.05) is 0 Å². The van der Waals surface area contributed by atoms with Crippen molar-refractivity contribution in [2.24, 2.45) is 5.92 Å². The van der Waals surface area contributed by atoms with Gasteiger partial charge in [0.05, 0.1) is 0 Å². The molecule has 3 heteroatoms. The summed E-state index contributed by atoms with van der Waals surface area (Å²) < 4.78 is 19.3. The fourth-order valence-corrected chi connectivity index (χ4v) is 4.76. The van der Waals surface area contributed by atoms with Crippen molar-refractivity contribution < 1.29 is 13.9 Å². The van der Waals surface area contributed by atoms with Crippen molar-refractivity contribution >= 4 is 5.97 Å². The molecule has 2 aromatic carbocycles. The number of hydrogen-bond donors (Lipinski definition) is 0. The molecule has 0 spiro atoms. The van der Waals surface area contributed by atoms with Crippen LogP contribution in [0.5, 0.6) is 0 Å². The molecule has 0 heterocycles. The second-order valence-electron chi connectivity index (χ2n) is 9.73. The number of hydrogen-bond acceptors (Lipinski definition) is 2. The standard InChI is InChI=1S/C30H41FO2/c1-3-5-7-23-11-17-26(18-12-23)27-19-13-24(14-20-27)9-10-25-15-21-28(22-16-25)33-30(32)29(31)8-6-4-2/h11-14,17-20,25,28-29H,3-10,15-16,21-22H2,1-2H3/t25?,28?,29-/m0/s1. The first-order valence-electron chi connectivity index (χ1n) is 13.1. The van der Waals surface area contributed by atoms with Crippen LogP contribution in [0.1, 0.15) is 89.2 Å². The first-order chi connectivity index (χ1) is 16.1. The van der Waals surface area contributed by atoms with Crippen molar-refractivity contribution in [1.29, 1.82) is 0 Å². The Bertz CT molecular complexity index is 819. The summed E-state index contributed by atoms with van der Waals surface area (Å²) in [6, 6.07) is 18.0. The Labute approximate surface area is 199 Å². The van der Waals surface area contributed by atoms with Crippen LogP contribution in [0.25, 0.3) is 11.1 Å². The molecule has 0 aliphatic heterocycles. The first kappa shape index (κ1) is 25.5. The third-order valence-corrected chi connectivity index (χ3v) is 7.04. The summed E-state index contributed by atoms with van der Waals surface area (Å²) in [5.74, 6) is 0.0131. The number of ether oxygens (including phenoxy) is 1. The Morgan fingerprint density at radius 2 is 1.39 bits per heavy atom. The van der Waals surface area contributed by atoms with Gasteiger partial charge in [-0.2, -0.15) is 0 Å². The number of carbonyl (C=O) groups is 1. The molecule has 2 nitrogen and oxygen atoms in total. The van der Waals surface area contributed by atoms with Crippen LogP contribution in [0.3, 0.4) is 0 Å². The lowest BCUT2D eigenvalue weighted by Crippen LogP contribution is -2.29. The van der Waals surface area contributed by atoms with E-state index in [-0.39, 0.29) is 12.5 Å². The third kappa shape index (κ3) is 8.28. The Kier molecular flexibility index (Phi) is 10.4. The molecule has 0 saturated heterocycles. The Morgan fingerprint density at radius 1 is 0.848 bits per heavy atom. The van der Waals surface area contributed by atoms with Crippen LogP contribution >= 0.6 is 0 Å². The maximum Gasteiger partial charge on any atom is 0.340 e. The summed E-state index contributed by atoms with van der Waals surface area (Å²) in [6.07, 6.45) is 10.1. The van der Waals surface area contributed by atoms with Crippen molar-refractivity contribution in [2.45, 2.75) is 103 Å². The molecule has 2 aromatic rings. The Morgan fingerprint density at radius 3 is 1.94 bits per heavy atom. The van der Waals surface area contributed by atoms with Crippen LogP contribution in [0.4, 0.5) is 4.39 Å². The predicted octanol–water partition coefficient (Wildman–Crippen LogP) is 8.26. The first-order valence-corrected chi connectivity index (χ1v) is 13.1. The fourth-order valence-electron chi connectivity index (χ4n) is 4.76. The maximum atomic E-state index is 13.8. The third-order valence-electron chi connectivity index (χ3n) is 7.04. The van der Waals surface area contributed by atoms with Crippen LogP contribution in [0.15, 0.2) is 48.5 Å². The summed E-state index contributed by atoms with van der Waals surface area (Å²) in [6.45, 7) is 4.23. The highest BCUT2D eigenvalue weighted by molar-refractivity contribution is 5.74. The topological polar surface area (TPSA) is 26.3 Å². The molecule has 1 fully saturated rings. The fraction of sp³-hybridized carbons (Fsp3) is 0.567. The van der Waals surface area contributed by atoms with E-state index in [4.69, 9.17) is 4.74 Å².